The van der Waals surface area contributed by atoms with Gasteiger partial charge < -0.3 is 0 Å². The number of aliphatic imine (C=N–C) groups is 3. The minimum atomic E-state index is -2.13. The number of hydrogen-bond acceptors (Lipinski definition) is 9. The number of nitrogens with zero attached hydrogens (tertiary/aromatic N) is 4. The molecule has 6 atom stereocenters. The molecule has 3 heterocycles. The summed E-state index contributed by atoms with van der Waals surface area (Å²) in [5.41, 5.74) is 0.544. The van der Waals surface area contributed by atoms with E-state index >= 15 is 0 Å². The Hall–Kier alpha value is -0.0844. The Labute approximate surface area is 235 Å². The number of rotatable bonds is 3. The van der Waals surface area contributed by atoms with Crippen LogP contribution in [0.15, 0.2) is 15.0 Å². The van der Waals surface area contributed by atoms with E-state index in [1.165, 1.54) is 0 Å². The summed E-state index contributed by atoms with van der Waals surface area (Å²) >= 11 is 6.50. The predicted molar refractivity (Wildman–Crippen MR) is 152 cm³/mol. The Bertz CT molecular complexity index is 1020. The van der Waals surface area contributed by atoms with Crippen molar-refractivity contribution in [2.75, 3.05) is 6.67 Å². The Morgan fingerprint density at radius 1 is 1.11 bits per heavy atom. The van der Waals surface area contributed by atoms with Crippen molar-refractivity contribution < 1.29 is 20.1 Å². The molecule has 3 rings (SSSR count). The number of aliphatic hydroxyl groups excluding tert-OH is 1. The SMILES string of the molecule is C[SiH](C)[C@@]1(N2CN=C3C2=N[C]([SnH3])=NC3(N)Cl)O[C@H](C(O)C(C)(C)C)[C@](O)(C(C)(C)C)[C@]1(O)C(C)(C)C. The van der Waals surface area contributed by atoms with Gasteiger partial charge in [0.05, 0.1) is 0 Å². The van der Waals surface area contributed by atoms with E-state index in [1.54, 1.807) is 0 Å². The zero-order valence-corrected chi connectivity index (χ0v) is 31.6. The number of aliphatic hydroxyl groups is 3. The molecule has 0 spiro atoms. The van der Waals surface area contributed by atoms with Crippen LogP contribution in [0.4, 0.5) is 0 Å². The summed E-state index contributed by atoms with van der Waals surface area (Å²) in [6.07, 6.45) is -2.18. The summed E-state index contributed by atoms with van der Waals surface area (Å²) in [6, 6.07) is 0. The maximum atomic E-state index is 13.2. The van der Waals surface area contributed by atoms with E-state index in [9.17, 15) is 15.3 Å². The molecular weight excluding hydrogens is 605 g/mol. The number of halogens is 1. The third kappa shape index (κ3) is 3.91. The van der Waals surface area contributed by atoms with Crippen molar-refractivity contribution in [3.8, 4) is 0 Å². The fourth-order valence-corrected chi connectivity index (χ4v) is 11.3. The van der Waals surface area contributed by atoms with E-state index in [0.29, 0.717) is 15.4 Å². The molecule has 12 heteroatoms. The molecule has 0 saturated carbocycles. The summed E-state index contributed by atoms with van der Waals surface area (Å²) < 4.78 is 7.58. The van der Waals surface area contributed by atoms with Crippen LogP contribution in [-0.2, 0) is 4.74 Å². The molecular formula is C24H46ClN5O4SiSn. The number of amidine groups is 2. The van der Waals surface area contributed by atoms with Gasteiger partial charge in [0, 0.05) is 0 Å². The molecule has 3 aliphatic rings. The number of hydrogen-bond donors (Lipinski definition) is 4. The van der Waals surface area contributed by atoms with Crippen LogP contribution in [0.1, 0.15) is 62.3 Å². The number of nitrogens with two attached hydrogens (primary N) is 1. The second kappa shape index (κ2) is 8.71. The monoisotopic (exact) mass is 651 g/mol. The van der Waals surface area contributed by atoms with Gasteiger partial charge in [0.1, 0.15) is 0 Å². The Morgan fingerprint density at radius 3 is 2.06 bits per heavy atom. The quantitative estimate of drug-likeness (QED) is 0.203. The fraction of sp³-hybridized carbons (Fsp3) is 0.875. The van der Waals surface area contributed by atoms with Gasteiger partial charge in [0.2, 0.25) is 0 Å². The molecule has 36 heavy (non-hydrogen) atoms. The average Bonchev–Trinajstić information content (AvgIpc) is 3.17. The van der Waals surface area contributed by atoms with Crippen LogP contribution in [0, 0.1) is 16.2 Å². The molecule has 0 aromatic heterocycles. The third-order valence-electron chi connectivity index (χ3n) is 8.14. The average molecular weight is 651 g/mol. The fourth-order valence-electron chi connectivity index (χ4n) is 6.31. The first-order valence-corrected chi connectivity index (χ1v) is 18.8. The molecule has 9 nitrogen and oxygen atoms in total. The van der Waals surface area contributed by atoms with Crippen molar-refractivity contribution in [1.82, 2.24) is 4.90 Å². The van der Waals surface area contributed by atoms with Crippen LogP contribution < -0.4 is 5.73 Å². The van der Waals surface area contributed by atoms with Gasteiger partial charge >= 0.3 is 236 Å². The van der Waals surface area contributed by atoms with E-state index in [0.717, 1.165) is 0 Å². The van der Waals surface area contributed by atoms with E-state index < -0.39 is 58.9 Å². The van der Waals surface area contributed by atoms with E-state index in [-0.39, 0.29) is 29.2 Å². The second-order valence-electron chi connectivity index (χ2n) is 14.0. The Morgan fingerprint density at radius 2 is 1.64 bits per heavy atom. The normalized spacial score (nSPS) is 38.8. The standard InChI is InChI=1S/C24H43ClN5O4Si.Sn.3H/c1-18(2,3)15(31)16-21(32,19(4,5)6)23(33,20(7,8)9)24(34-16,35(10)11)30-13-28-14-17(30)27-12-29-22(14,25)26;;;;/h15-16,31-33,35H,13,26H2,1-11H3;;;;/t15?,16-,21+,22?,23-,24+;;;;/m1..../s1. The van der Waals surface area contributed by atoms with Crippen molar-refractivity contribution in [2.45, 2.75) is 109 Å². The predicted octanol–water partition coefficient (Wildman–Crippen LogP) is 0.768. The number of ether oxygens (including phenoxy) is 1. The summed E-state index contributed by atoms with van der Waals surface area (Å²) in [5, 5.41) is 34.8. The zero-order valence-electron chi connectivity index (χ0n) is 23.9. The van der Waals surface area contributed by atoms with E-state index in [2.05, 4.69) is 23.1 Å². The summed E-state index contributed by atoms with van der Waals surface area (Å²) in [6.45, 7) is 21.3. The Balaban J connectivity index is 2.43. The van der Waals surface area contributed by atoms with E-state index in [1.807, 2.05) is 67.2 Å². The Kier molecular flexibility index (Phi) is 7.37. The first-order valence-electron chi connectivity index (χ1n) is 12.7. The van der Waals surface area contributed by atoms with Crippen LogP contribution in [0.5, 0.6) is 0 Å². The molecule has 1 saturated heterocycles. The zero-order chi connectivity index (χ0) is 28.1. The first kappa shape index (κ1) is 30.5. The van der Waals surface area contributed by atoms with Crippen LogP contribution in [0.3, 0.4) is 0 Å². The molecule has 0 bridgehead atoms. The van der Waals surface area contributed by atoms with Crippen LogP contribution in [0.2, 0.25) is 13.1 Å². The van der Waals surface area contributed by atoms with Gasteiger partial charge in [-0.15, -0.1) is 0 Å². The molecule has 0 amide bonds. The second-order valence-corrected chi connectivity index (χ2v) is 20.2. The van der Waals surface area contributed by atoms with Gasteiger partial charge in [-0.3, -0.25) is 0 Å². The molecule has 3 aliphatic heterocycles. The van der Waals surface area contributed by atoms with Crippen molar-refractivity contribution >= 4 is 58.3 Å². The maximum absolute atomic E-state index is 13.2. The molecule has 0 radical (unpaired) electrons. The van der Waals surface area contributed by atoms with Crippen molar-refractivity contribution in [3.63, 3.8) is 0 Å². The van der Waals surface area contributed by atoms with Gasteiger partial charge in [0.15, 0.2) is 0 Å². The summed E-state index contributed by atoms with van der Waals surface area (Å²) in [4.78, 5) is 15.6. The minimum absolute atomic E-state index is 0.0975. The van der Waals surface area contributed by atoms with Gasteiger partial charge in [0.25, 0.3) is 0 Å². The molecule has 206 valence electrons. The number of alkyl halides is 1. The molecule has 0 aromatic carbocycles. The summed E-state index contributed by atoms with van der Waals surface area (Å²) in [5.74, 6) is 0.433. The summed E-state index contributed by atoms with van der Waals surface area (Å²) in [7, 11) is -2.13. The first-order chi connectivity index (χ1) is 15.9. The van der Waals surface area contributed by atoms with Gasteiger partial charge in [-0.05, 0) is 0 Å². The van der Waals surface area contributed by atoms with Crippen molar-refractivity contribution in [3.05, 3.63) is 0 Å². The van der Waals surface area contributed by atoms with Gasteiger partial charge in [-0.1, -0.05) is 0 Å². The van der Waals surface area contributed by atoms with Gasteiger partial charge in [-0.2, -0.15) is 0 Å². The topological polar surface area (TPSA) is 136 Å². The molecule has 0 aromatic rings. The molecule has 5 N–H and O–H groups in total. The molecule has 0 aliphatic carbocycles. The third-order valence-corrected chi connectivity index (χ3v) is 12.1. The number of fused-ring (bicyclic) bond motifs is 1. The van der Waals surface area contributed by atoms with Gasteiger partial charge in [-0.25, -0.2) is 0 Å². The van der Waals surface area contributed by atoms with E-state index in [4.69, 9.17) is 27.1 Å². The van der Waals surface area contributed by atoms with Crippen LogP contribution in [-0.4, -0.2) is 107 Å². The van der Waals surface area contributed by atoms with Crippen LogP contribution >= 0.6 is 11.6 Å². The van der Waals surface area contributed by atoms with Crippen molar-refractivity contribution in [2.24, 2.45) is 37.0 Å². The van der Waals surface area contributed by atoms with Crippen molar-refractivity contribution in [1.29, 1.82) is 0 Å². The molecule has 2 unspecified atom stereocenters. The molecule has 1 fully saturated rings. The van der Waals surface area contributed by atoms with Crippen LogP contribution in [0.25, 0.3) is 0 Å².